The van der Waals surface area contributed by atoms with Crippen LogP contribution in [0.1, 0.15) is 32.6 Å². The van der Waals surface area contributed by atoms with Gasteiger partial charge in [0, 0.05) is 6.61 Å². The second kappa shape index (κ2) is 6.17. The Balaban J connectivity index is 2.12. The van der Waals surface area contributed by atoms with Crippen LogP contribution in [0, 0.1) is 5.92 Å². The fourth-order valence-electron chi connectivity index (χ4n) is 1.43. The Morgan fingerprint density at radius 3 is 3.00 bits per heavy atom. The minimum Gasteiger partial charge on any atom is -0.353 e. The molecule has 1 fully saturated rings. The van der Waals surface area contributed by atoms with Gasteiger partial charge in [0.15, 0.2) is 6.29 Å². The van der Waals surface area contributed by atoms with E-state index in [9.17, 15) is 0 Å². The van der Waals surface area contributed by atoms with Gasteiger partial charge in [-0.05, 0) is 31.6 Å². The van der Waals surface area contributed by atoms with E-state index in [1.807, 2.05) is 6.08 Å². The van der Waals surface area contributed by atoms with Gasteiger partial charge in [-0.2, -0.15) is 0 Å². The first-order valence-electron chi connectivity index (χ1n) is 5.22. The lowest BCUT2D eigenvalue weighted by molar-refractivity contribution is -0.166. The van der Waals surface area contributed by atoms with Gasteiger partial charge in [-0.3, -0.25) is 0 Å². The Hall–Kier alpha value is -0.340. The average Bonchev–Trinajstić information content (AvgIpc) is 2.21. The monoisotopic (exact) mass is 184 g/mol. The summed E-state index contributed by atoms with van der Waals surface area (Å²) in [7, 11) is 0. The Kier molecular flexibility index (Phi) is 5.09. The molecule has 13 heavy (non-hydrogen) atoms. The molecule has 0 aromatic heterocycles. The SMILES string of the molecule is C=C[C@H](CC)COC1CCCCO1. The third-order valence-corrected chi connectivity index (χ3v) is 2.49. The highest BCUT2D eigenvalue weighted by Gasteiger charge is 2.14. The molecule has 2 nitrogen and oxygen atoms in total. The second-order valence-corrected chi connectivity index (χ2v) is 3.53. The fraction of sp³-hybridized carbons (Fsp3) is 0.818. The first kappa shape index (κ1) is 10.7. The van der Waals surface area contributed by atoms with Crippen LogP contribution in [0.4, 0.5) is 0 Å². The van der Waals surface area contributed by atoms with E-state index in [2.05, 4.69) is 13.5 Å². The van der Waals surface area contributed by atoms with Crippen molar-refractivity contribution in [1.29, 1.82) is 0 Å². The molecule has 2 heteroatoms. The topological polar surface area (TPSA) is 18.5 Å². The van der Waals surface area contributed by atoms with Gasteiger partial charge >= 0.3 is 0 Å². The van der Waals surface area contributed by atoms with Crippen LogP contribution in [-0.2, 0) is 9.47 Å². The van der Waals surface area contributed by atoms with E-state index in [0.29, 0.717) is 5.92 Å². The molecule has 1 saturated heterocycles. The summed E-state index contributed by atoms with van der Waals surface area (Å²) in [6.07, 6.45) is 6.56. The van der Waals surface area contributed by atoms with Crippen molar-refractivity contribution in [1.82, 2.24) is 0 Å². The molecule has 1 heterocycles. The molecular formula is C11H20O2. The summed E-state index contributed by atoms with van der Waals surface area (Å²) in [5.41, 5.74) is 0. The fourth-order valence-corrected chi connectivity index (χ4v) is 1.43. The lowest BCUT2D eigenvalue weighted by Crippen LogP contribution is -2.24. The largest absolute Gasteiger partial charge is 0.353 e. The Morgan fingerprint density at radius 2 is 2.46 bits per heavy atom. The van der Waals surface area contributed by atoms with Gasteiger partial charge in [-0.15, -0.1) is 6.58 Å². The van der Waals surface area contributed by atoms with Crippen molar-refractivity contribution in [2.24, 2.45) is 5.92 Å². The molecule has 0 amide bonds. The van der Waals surface area contributed by atoms with Crippen LogP contribution < -0.4 is 0 Å². The molecule has 1 rings (SSSR count). The number of rotatable bonds is 5. The number of hydrogen-bond acceptors (Lipinski definition) is 2. The maximum absolute atomic E-state index is 5.63. The Labute approximate surface area is 80.9 Å². The van der Waals surface area contributed by atoms with Crippen molar-refractivity contribution in [2.45, 2.75) is 38.9 Å². The van der Waals surface area contributed by atoms with Crippen LogP contribution in [0.2, 0.25) is 0 Å². The van der Waals surface area contributed by atoms with Crippen LogP contribution in [-0.4, -0.2) is 19.5 Å². The second-order valence-electron chi connectivity index (χ2n) is 3.53. The van der Waals surface area contributed by atoms with Crippen molar-refractivity contribution in [3.8, 4) is 0 Å². The molecule has 1 aliphatic heterocycles. The zero-order valence-electron chi connectivity index (χ0n) is 8.50. The number of hydrogen-bond donors (Lipinski definition) is 0. The van der Waals surface area contributed by atoms with Gasteiger partial charge in [-0.1, -0.05) is 13.0 Å². The first-order chi connectivity index (χ1) is 6.36. The van der Waals surface area contributed by atoms with Crippen LogP contribution >= 0.6 is 0 Å². The molecule has 1 unspecified atom stereocenters. The van der Waals surface area contributed by atoms with Crippen LogP contribution in [0.25, 0.3) is 0 Å². The predicted molar refractivity (Wildman–Crippen MR) is 53.5 cm³/mol. The van der Waals surface area contributed by atoms with E-state index in [1.54, 1.807) is 0 Å². The molecule has 0 N–H and O–H groups in total. The molecule has 1 aliphatic rings. The molecule has 2 atom stereocenters. The smallest absolute Gasteiger partial charge is 0.157 e. The predicted octanol–water partition coefficient (Wildman–Crippen LogP) is 2.74. The van der Waals surface area contributed by atoms with Gasteiger partial charge in [-0.25, -0.2) is 0 Å². The first-order valence-corrected chi connectivity index (χ1v) is 5.22. The van der Waals surface area contributed by atoms with Crippen LogP contribution in [0.3, 0.4) is 0 Å². The highest BCUT2D eigenvalue weighted by Crippen LogP contribution is 2.15. The van der Waals surface area contributed by atoms with Crippen molar-refractivity contribution >= 4 is 0 Å². The van der Waals surface area contributed by atoms with Crippen molar-refractivity contribution in [3.63, 3.8) is 0 Å². The summed E-state index contributed by atoms with van der Waals surface area (Å²) in [4.78, 5) is 0. The Bertz CT molecular complexity index is 139. The lowest BCUT2D eigenvalue weighted by atomic mass is 10.1. The highest BCUT2D eigenvalue weighted by molar-refractivity contribution is 4.77. The van der Waals surface area contributed by atoms with Crippen LogP contribution in [0.15, 0.2) is 12.7 Å². The summed E-state index contributed by atoms with van der Waals surface area (Å²) in [5, 5.41) is 0. The molecular weight excluding hydrogens is 164 g/mol. The average molecular weight is 184 g/mol. The highest BCUT2D eigenvalue weighted by atomic mass is 16.7. The van der Waals surface area contributed by atoms with Crippen molar-refractivity contribution in [2.75, 3.05) is 13.2 Å². The van der Waals surface area contributed by atoms with E-state index in [-0.39, 0.29) is 6.29 Å². The molecule has 0 aromatic carbocycles. The zero-order valence-corrected chi connectivity index (χ0v) is 8.50. The maximum atomic E-state index is 5.63. The van der Waals surface area contributed by atoms with Gasteiger partial charge in [0.1, 0.15) is 0 Å². The van der Waals surface area contributed by atoms with E-state index in [4.69, 9.17) is 9.47 Å². The zero-order chi connectivity index (χ0) is 9.52. The quantitative estimate of drug-likeness (QED) is 0.612. The van der Waals surface area contributed by atoms with E-state index >= 15 is 0 Å². The minimum atomic E-state index is 0.0442. The maximum Gasteiger partial charge on any atom is 0.157 e. The van der Waals surface area contributed by atoms with Crippen LogP contribution in [0.5, 0.6) is 0 Å². The van der Waals surface area contributed by atoms with Gasteiger partial charge in [0.2, 0.25) is 0 Å². The Morgan fingerprint density at radius 1 is 1.62 bits per heavy atom. The third kappa shape index (κ3) is 3.92. The summed E-state index contributed by atoms with van der Waals surface area (Å²) in [5.74, 6) is 0.477. The normalized spacial score (nSPS) is 25.5. The molecule has 0 saturated carbocycles. The summed E-state index contributed by atoms with van der Waals surface area (Å²) in [6, 6.07) is 0. The molecule has 0 aliphatic carbocycles. The third-order valence-electron chi connectivity index (χ3n) is 2.49. The van der Waals surface area contributed by atoms with E-state index in [0.717, 1.165) is 26.1 Å². The van der Waals surface area contributed by atoms with Gasteiger partial charge < -0.3 is 9.47 Å². The molecule has 0 spiro atoms. The minimum absolute atomic E-state index is 0.0442. The standard InChI is InChI=1S/C11H20O2/c1-3-10(4-2)9-13-11-7-5-6-8-12-11/h3,10-11H,1,4-9H2,2H3/t10-,11?/m1/s1. The summed E-state index contributed by atoms with van der Waals surface area (Å²) in [6.45, 7) is 7.54. The van der Waals surface area contributed by atoms with E-state index in [1.165, 1.54) is 12.8 Å². The van der Waals surface area contributed by atoms with Gasteiger partial charge in [0.05, 0.1) is 6.61 Å². The molecule has 0 bridgehead atoms. The molecule has 76 valence electrons. The molecule has 0 aromatic rings. The lowest BCUT2D eigenvalue weighted by Gasteiger charge is -2.24. The number of ether oxygens (including phenoxy) is 2. The van der Waals surface area contributed by atoms with Crippen molar-refractivity contribution < 1.29 is 9.47 Å². The summed E-state index contributed by atoms with van der Waals surface area (Å²) >= 11 is 0. The van der Waals surface area contributed by atoms with E-state index < -0.39 is 0 Å². The van der Waals surface area contributed by atoms with Crippen molar-refractivity contribution in [3.05, 3.63) is 12.7 Å². The molecule has 0 radical (unpaired) electrons. The van der Waals surface area contributed by atoms with Gasteiger partial charge in [0.25, 0.3) is 0 Å². The summed E-state index contributed by atoms with van der Waals surface area (Å²) < 4.78 is 11.1.